The topological polar surface area (TPSA) is 70.2 Å². The molecule has 6 heteroatoms. The molecule has 0 aliphatic rings. The maximum Gasteiger partial charge on any atom is 0.242 e. The molecule has 0 saturated heterocycles. The van der Waals surface area contributed by atoms with Crippen LogP contribution in [0, 0.1) is 0 Å². The zero-order valence-electron chi connectivity index (χ0n) is 14.3. The van der Waals surface area contributed by atoms with Crippen LogP contribution in [0.3, 0.4) is 0 Å². The van der Waals surface area contributed by atoms with E-state index in [1.54, 1.807) is 18.5 Å². The van der Waals surface area contributed by atoms with Gasteiger partial charge in [0.1, 0.15) is 6.04 Å². The summed E-state index contributed by atoms with van der Waals surface area (Å²) >= 11 is 0. The number of hydrogen-bond donors (Lipinski definition) is 2. The standard InChI is InChI=1S/C18H25N5O/c1-3-23(4-2)16(15-9-6-5-7-10-15)17(24)19-13-14-22-18-20-11-8-12-21-18/h5-12,16H,3-4,13-14H2,1-2H3,(H,19,24)(H,20,21,22)/t16-/m0/s1. The third-order valence-corrected chi connectivity index (χ3v) is 3.81. The van der Waals surface area contributed by atoms with E-state index in [1.165, 1.54) is 0 Å². The number of hydrogen-bond acceptors (Lipinski definition) is 5. The Labute approximate surface area is 143 Å². The molecule has 1 atom stereocenters. The maximum atomic E-state index is 12.7. The lowest BCUT2D eigenvalue weighted by molar-refractivity contribution is -0.126. The van der Waals surface area contributed by atoms with Crippen LogP contribution in [0.2, 0.25) is 0 Å². The molecule has 1 amide bonds. The second-order valence-corrected chi connectivity index (χ2v) is 5.32. The molecule has 0 aliphatic heterocycles. The first kappa shape index (κ1) is 17.9. The zero-order chi connectivity index (χ0) is 17.2. The summed E-state index contributed by atoms with van der Waals surface area (Å²) in [6, 6.07) is 11.4. The summed E-state index contributed by atoms with van der Waals surface area (Å²) < 4.78 is 0. The molecule has 0 unspecified atom stereocenters. The van der Waals surface area contributed by atoms with Gasteiger partial charge in [0.05, 0.1) is 0 Å². The van der Waals surface area contributed by atoms with E-state index < -0.39 is 0 Å². The van der Waals surface area contributed by atoms with Gasteiger partial charge in [-0.15, -0.1) is 0 Å². The molecule has 24 heavy (non-hydrogen) atoms. The van der Waals surface area contributed by atoms with Crippen LogP contribution in [0.25, 0.3) is 0 Å². The lowest BCUT2D eigenvalue weighted by Crippen LogP contribution is -2.41. The van der Waals surface area contributed by atoms with E-state index in [1.807, 2.05) is 30.3 Å². The van der Waals surface area contributed by atoms with Crippen molar-refractivity contribution in [3.8, 4) is 0 Å². The summed E-state index contributed by atoms with van der Waals surface area (Å²) in [5.74, 6) is 0.579. The van der Waals surface area contributed by atoms with Crippen molar-refractivity contribution in [2.75, 3.05) is 31.5 Å². The van der Waals surface area contributed by atoms with Crippen molar-refractivity contribution in [1.29, 1.82) is 0 Å². The Morgan fingerprint density at radius 2 is 1.71 bits per heavy atom. The number of likely N-dealkylation sites (N-methyl/N-ethyl adjacent to an activating group) is 1. The zero-order valence-corrected chi connectivity index (χ0v) is 14.3. The van der Waals surface area contributed by atoms with Gasteiger partial charge in [0, 0.05) is 25.5 Å². The number of carbonyl (C=O) groups excluding carboxylic acids is 1. The fourth-order valence-electron chi connectivity index (χ4n) is 2.60. The Morgan fingerprint density at radius 1 is 1.04 bits per heavy atom. The number of nitrogens with one attached hydrogen (secondary N) is 2. The first-order chi connectivity index (χ1) is 11.8. The highest BCUT2D eigenvalue weighted by Crippen LogP contribution is 2.20. The molecule has 0 aliphatic carbocycles. The van der Waals surface area contributed by atoms with E-state index >= 15 is 0 Å². The smallest absolute Gasteiger partial charge is 0.242 e. The quantitative estimate of drug-likeness (QED) is 0.690. The van der Waals surface area contributed by atoms with Crippen LogP contribution < -0.4 is 10.6 Å². The van der Waals surface area contributed by atoms with Crippen molar-refractivity contribution in [1.82, 2.24) is 20.2 Å². The van der Waals surface area contributed by atoms with Crippen molar-refractivity contribution in [2.45, 2.75) is 19.9 Å². The van der Waals surface area contributed by atoms with Crippen molar-refractivity contribution in [3.63, 3.8) is 0 Å². The first-order valence-electron chi connectivity index (χ1n) is 8.33. The molecule has 2 N–H and O–H groups in total. The average Bonchev–Trinajstić information content (AvgIpc) is 2.64. The third kappa shape index (κ3) is 5.03. The highest BCUT2D eigenvalue weighted by molar-refractivity contribution is 5.83. The second kappa shape index (κ2) is 9.62. The Bertz CT molecular complexity index is 601. The predicted octanol–water partition coefficient (Wildman–Crippen LogP) is 2.09. The normalized spacial score (nSPS) is 12.0. The molecule has 1 heterocycles. The van der Waals surface area contributed by atoms with Crippen LogP contribution in [0.1, 0.15) is 25.5 Å². The molecule has 128 valence electrons. The predicted molar refractivity (Wildman–Crippen MR) is 95.6 cm³/mol. The Balaban J connectivity index is 1.93. The lowest BCUT2D eigenvalue weighted by atomic mass is 10.0. The van der Waals surface area contributed by atoms with Gasteiger partial charge >= 0.3 is 0 Å². The number of carbonyl (C=O) groups is 1. The molecular weight excluding hydrogens is 302 g/mol. The fourth-order valence-corrected chi connectivity index (χ4v) is 2.60. The van der Waals surface area contributed by atoms with Gasteiger partial charge in [0.2, 0.25) is 11.9 Å². The molecule has 0 bridgehead atoms. The highest BCUT2D eigenvalue weighted by atomic mass is 16.2. The van der Waals surface area contributed by atoms with E-state index in [4.69, 9.17) is 0 Å². The Hall–Kier alpha value is -2.47. The monoisotopic (exact) mass is 327 g/mol. The molecule has 2 aromatic rings. The minimum Gasteiger partial charge on any atom is -0.353 e. The molecule has 1 aromatic heterocycles. The molecule has 0 spiro atoms. The van der Waals surface area contributed by atoms with Gasteiger partial charge < -0.3 is 10.6 Å². The molecule has 0 fully saturated rings. The molecule has 0 radical (unpaired) electrons. The van der Waals surface area contributed by atoms with E-state index in [-0.39, 0.29) is 11.9 Å². The summed E-state index contributed by atoms with van der Waals surface area (Å²) in [4.78, 5) is 23.0. The molecule has 1 aromatic carbocycles. The second-order valence-electron chi connectivity index (χ2n) is 5.32. The van der Waals surface area contributed by atoms with E-state index in [9.17, 15) is 4.79 Å². The minimum atomic E-state index is -0.269. The highest BCUT2D eigenvalue weighted by Gasteiger charge is 2.25. The SMILES string of the molecule is CCN(CC)[C@H](C(=O)NCCNc1ncccn1)c1ccccc1. The van der Waals surface area contributed by atoms with Crippen LogP contribution in [-0.2, 0) is 4.79 Å². The molecule has 6 nitrogen and oxygen atoms in total. The maximum absolute atomic E-state index is 12.7. The van der Waals surface area contributed by atoms with Crippen molar-refractivity contribution < 1.29 is 4.79 Å². The van der Waals surface area contributed by atoms with Gasteiger partial charge in [-0.25, -0.2) is 9.97 Å². The van der Waals surface area contributed by atoms with Gasteiger partial charge in [0.15, 0.2) is 0 Å². The lowest BCUT2D eigenvalue weighted by Gasteiger charge is -2.29. The number of benzene rings is 1. The van der Waals surface area contributed by atoms with Crippen molar-refractivity contribution in [3.05, 3.63) is 54.4 Å². The van der Waals surface area contributed by atoms with Crippen molar-refractivity contribution in [2.24, 2.45) is 0 Å². The van der Waals surface area contributed by atoms with Crippen LogP contribution in [0.15, 0.2) is 48.8 Å². The number of aromatic nitrogens is 2. The van der Waals surface area contributed by atoms with E-state index in [2.05, 4.69) is 39.3 Å². The number of nitrogens with zero attached hydrogens (tertiary/aromatic N) is 3. The largest absolute Gasteiger partial charge is 0.353 e. The molecular formula is C18H25N5O. The van der Waals surface area contributed by atoms with Gasteiger partial charge in [-0.05, 0) is 24.7 Å². The first-order valence-corrected chi connectivity index (χ1v) is 8.33. The Kier molecular flexibility index (Phi) is 7.17. The van der Waals surface area contributed by atoms with Crippen molar-refractivity contribution >= 4 is 11.9 Å². The van der Waals surface area contributed by atoms with Gasteiger partial charge in [-0.1, -0.05) is 44.2 Å². The van der Waals surface area contributed by atoms with Gasteiger partial charge in [-0.3, -0.25) is 9.69 Å². The van der Waals surface area contributed by atoms with Crippen LogP contribution in [-0.4, -0.2) is 47.0 Å². The van der Waals surface area contributed by atoms with E-state index in [0.717, 1.165) is 18.7 Å². The number of anilines is 1. The summed E-state index contributed by atoms with van der Waals surface area (Å²) in [6.45, 7) is 6.87. The minimum absolute atomic E-state index is 0.0145. The van der Waals surface area contributed by atoms with Crippen LogP contribution in [0.5, 0.6) is 0 Å². The van der Waals surface area contributed by atoms with Gasteiger partial charge in [0.25, 0.3) is 0 Å². The third-order valence-electron chi connectivity index (χ3n) is 3.81. The summed E-state index contributed by atoms with van der Waals surface area (Å²) in [6.07, 6.45) is 3.36. The van der Waals surface area contributed by atoms with E-state index in [0.29, 0.717) is 19.0 Å². The molecule has 2 rings (SSSR count). The van der Waals surface area contributed by atoms with Crippen LogP contribution >= 0.6 is 0 Å². The summed E-state index contributed by atoms with van der Waals surface area (Å²) in [5, 5.41) is 6.09. The summed E-state index contributed by atoms with van der Waals surface area (Å²) in [7, 11) is 0. The molecule has 0 saturated carbocycles. The van der Waals surface area contributed by atoms with Crippen LogP contribution in [0.4, 0.5) is 5.95 Å². The van der Waals surface area contributed by atoms with Gasteiger partial charge in [-0.2, -0.15) is 0 Å². The fraction of sp³-hybridized carbons (Fsp3) is 0.389. The summed E-state index contributed by atoms with van der Waals surface area (Å²) in [5.41, 5.74) is 1.01. The Morgan fingerprint density at radius 3 is 2.33 bits per heavy atom. The number of rotatable bonds is 9. The average molecular weight is 327 g/mol. The number of amides is 1.